The third-order valence-electron chi connectivity index (χ3n) is 2.16. The number of rotatable bonds is 3. The van der Waals surface area contributed by atoms with E-state index in [-0.39, 0.29) is 12.4 Å². The molecule has 1 nitrogen and oxygen atoms in total. The largest absolute Gasteiger partial charge is 1.00 e. The molecular weight excluding hydrogens is 206 g/mol. The highest BCUT2D eigenvalue weighted by Gasteiger charge is 1.92. The highest BCUT2D eigenvalue weighted by molar-refractivity contribution is 5.33. The molecule has 15 heavy (non-hydrogen) atoms. The SMILES string of the molecule is CCC(C)NCC#Cc1ccccc1.[Cl-]. The van der Waals surface area contributed by atoms with Crippen molar-refractivity contribution in [3.05, 3.63) is 35.9 Å². The summed E-state index contributed by atoms with van der Waals surface area (Å²) in [6.07, 6.45) is 1.15. The molecule has 0 aliphatic rings. The van der Waals surface area contributed by atoms with E-state index in [0.717, 1.165) is 18.5 Å². The molecule has 1 aromatic carbocycles. The molecule has 0 amide bonds. The molecular formula is C13H17ClN-. The van der Waals surface area contributed by atoms with Gasteiger partial charge in [0.05, 0.1) is 6.54 Å². The summed E-state index contributed by atoms with van der Waals surface area (Å²) < 4.78 is 0. The Morgan fingerprint density at radius 3 is 2.53 bits per heavy atom. The van der Waals surface area contributed by atoms with Crippen LogP contribution in [0.2, 0.25) is 0 Å². The minimum Gasteiger partial charge on any atom is -1.00 e. The Labute approximate surface area is 98.7 Å². The van der Waals surface area contributed by atoms with Crippen LogP contribution >= 0.6 is 0 Å². The predicted molar refractivity (Wildman–Crippen MR) is 61.1 cm³/mol. The van der Waals surface area contributed by atoms with Gasteiger partial charge in [-0.2, -0.15) is 0 Å². The van der Waals surface area contributed by atoms with E-state index in [1.165, 1.54) is 0 Å². The Balaban J connectivity index is 0.00000196. The van der Waals surface area contributed by atoms with Gasteiger partial charge in [-0.05, 0) is 25.5 Å². The second kappa shape index (κ2) is 8.35. The lowest BCUT2D eigenvalue weighted by molar-refractivity contribution is -0.00000306. The minimum atomic E-state index is 0. The van der Waals surface area contributed by atoms with Crippen LogP contribution in [0, 0.1) is 11.8 Å². The molecule has 1 atom stereocenters. The van der Waals surface area contributed by atoms with Crippen LogP contribution < -0.4 is 17.7 Å². The summed E-state index contributed by atoms with van der Waals surface area (Å²) in [5.74, 6) is 6.22. The van der Waals surface area contributed by atoms with Crippen LogP contribution in [0.1, 0.15) is 25.8 Å². The summed E-state index contributed by atoms with van der Waals surface area (Å²) in [7, 11) is 0. The van der Waals surface area contributed by atoms with Gasteiger partial charge in [0.15, 0.2) is 0 Å². The molecule has 0 saturated carbocycles. The normalized spacial score (nSPS) is 10.8. The Kier molecular flexibility index (Phi) is 7.81. The first-order valence-corrected chi connectivity index (χ1v) is 5.10. The number of nitrogens with one attached hydrogen (secondary N) is 1. The molecule has 0 bridgehead atoms. The first kappa shape index (κ1) is 14.0. The van der Waals surface area contributed by atoms with Crippen LogP contribution in [0.3, 0.4) is 0 Å². The lowest BCUT2D eigenvalue weighted by Crippen LogP contribution is -3.00. The summed E-state index contributed by atoms with van der Waals surface area (Å²) in [6.45, 7) is 5.11. The first-order valence-electron chi connectivity index (χ1n) is 5.10. The van der Waals surface area contributed by atoms with E-state index >= 15 is 0 Å². The molecule has 0 aliphatic carbocycles. The quantitative estimate of drug-likeness (QED) is 0.676. The van der Waals surface area contributed by atoms with Gasteiger partial charge in [0.1, 0.15) is 0 Å². The first-order chi connectivity index (χ1) is 6.83. The predicted octanol–water partition coefficient (Wildman–Crippen LogP) is -0.570. The molecule has 1 aromatic rings. The van der Waals surface area contributed by atoms with E-state index in [1.54, 1.807) is 0 Å². The van der Waals surface area contributed by atoms with Crippen molar-refractivity contribution in [2.24, 2.45) is 0 Å². The zero-order valence-electron chi connectivity index (χ0n) is 9.26. The van der Waals surface area contributed by atoms with E-state index in [4.69, 9.17) is 0 Å². The molecule has 0 saturated heterocycles. The number of hydrogen-bond acceptors (Lipinski definition) is 1. The average molecular weight is 223 g/mol. The molecule has 0 aliphatic heterocycles. The topological polar surface area (TPSA) is 12.0 Å². The molecule has 2 heteroatoms. The van der Waals surface area contributed by atoms with Crippen LogP contribution in [-0.4, -0.2) is 12.6 Å². The average Bonchev–Trinajstić information content (AvgIpc) is 2.25. The summed E-state index contributed by atoms with van der Waals surface area (Å²) in [6, 6.07) is 10.6. The number of hydrogen-bond donors (Lipinski definition) is 1. The van der Waals surface area contributed by atoms with Crippen LogP contribution in [-0.2, 0) is 0 Å². The molecule has 0 heterocycles. The molecule has 1 N–H and O–H groups in total. The van der Waals surface area contributed by atoms with Crippen molar-refractivity contribution in [2.45, 2.75) is 26.3 Å². The van der Waals surface area contributed by atoms with E-state index < -0.39 is 0 Å². The Morgan fingerprint density at radius 1 is 1.27 bits per heavy atom. The molecule has 82 valence electrons. The number of halogens is 1. The summed E-state index contributed by atoms with van der Waals surface area (Å²) in [5, 5.41) is 3.33. The second-order valence-corrected chi connectivity index (χ2v) is 3.36. The fourth-order valence-electron chi connectivity index (χ4n) is 1.04. The third-order valence-corrected chi connectivity index (χ3v) is 2.16. The summed E-state index contributed by atoms with van der Waals surface area (Å²) >= 11 is 0. The Morgan fingerprint density at radius 2 is 1.93 bits per heavy atom. The van der Waals surface area contributed by atoms with Crippen molar-refractivity contribution in [1.29, 1.82) is 0 Å². The van der Waals surface area contributed by atoms with Gasteiger partial charge in [0.2, 0.25) is 0 Å². The van der Waals surface area contributed by atoms with Crippen LogP contribution in [0.15, 0.2) is 30.3 Å². The van der Waals surface area contributed by atoms with E-state index in [2.05, 4.69) is 31.0 Å². The molecule has 1 unspecified atom stereocenters. The molecule has 0 radical (unpaired) electrons. The van der Waals surface area contributed by atoms with Crippen LogP contribution in [0.25, 0.3) is 0 Å². The smallest absolute Gasteiger partial charge is 0.0582 e. The van der Waals surface area contributed by atoms with Crippen LogP contribution in [0.4, 0.5) is 0 Å². The molecule has 0 fully saturated rings. The highest BCUT2D eigenvalue weighted by atomic mass is 35.5. The minimum absolute atomic E-state index is 0. The Hall–Kier alpha value is -0.970. The molecule has 0 spiro atoms. The van der Waals surface area contributed by atoms with E-state index in [0.29, 0.717) is 6.04 Å². The zero-order valence-corrected chi connectivity index (χ0v) is 10.0. The number of benzene rings is 1. The maximum absolute atomic E-state index is 3.33. The van der Waals surface area contributed by atoms with Crippen LogP contribution in [0.5, 0.6) is 0 Å². The van der Waals surface area contributed by atoms with Gasteiger partial charge >= 0.3 is 0 Å². The van der Waals surface area contributed by atoms with Gasteiger partial charge in [-0.15, -0.1) is 0 Å². The molecule has 1 rings (SSSR count). The van der Waals surface area contributed by atoms with Crippen molar-refractivity contribution in [1.82, 2.24) is 5.32 Å². The van der Waals surface area contributed by atoms with Gasteiger partial charge < -0.3 is 17.7 Å². The fraction of sp³-hybridized carbons (Fsp3) is 0.385. The van der Waals surface area contributed by atoms with Gasteiger partial charge in [0.25, 0.3) is 0 Å². The van der Waals surface area contributed by atoms with Gasteiger partial charge in [-0.1, -0.05) is 37.0 Å². The maximum Gasteiger partial charge on any atom is 0.0582 e. The molecule has 0 aromatic heterocycles. The lowest BCUT2D eigenvalue weighted by Gasteiger charge is -2.06. The van der Waals surface area contributed by atoms with Crippen molar-refractivity contribution >= 4 is 0 Å². The van der Waals surface area contributed by atoms with Crippen molar-refractivity contribution < 1.29 is 12.4 Å². The highest BCUT2D eigenvalue weighted by Crippen LogP contribution is 1.94. The Bertz CT molecular complexity index is 310. The van der Waals surface area contributed by atoms with Crippen molar-refractivity contribution in [3.63, 3.8) is 0 Å². The zero-order chi connectivity index (χ0) is 10.2. The lowest BCUT2D eigenvalue weighted by atomic mass is 10.2. The maximum atomic E-state index is 3.33. The second-order valence-electron chi connectivity index (χ2n) is 3.36. The summed E-state index contributed by atoms with van der Waals surface area (Å²) in [5.41, 5.74) is 1.08. The summed E-state index contributed by atoms with van der Waals surface area (Å²) in [4.78, 5) is 0. The van der Waals surface area contributed by atoms with Crippen molar-refractivity contribution in [2.75, 3.05) is 6.54 Å². The van der Waals surface area contributed by atoms with E-state index in [1.807, 2.05) is 30.3 Å². The monoisotopic (exact) mass is 222 g/mol. The van der Waals surface area contributed by atoms with Gasteiger partial charge in [-0.3, -0.25) is 0 Å². The third kappa shape index (κ3) is 6.17. The van der Waals surface area contributed by atoms with Gasteiger partial charge in [-0.25, -0.2) is 0 Å². The fourth-order valence-corrected chi connectivity index (χ4v) is 1.04. The van der Waals surface area contributed by atoms with E-state index in [9.17, 15) is 0 Å². The standard InChI is InChI=1S/C13H17N.ClH/c1-3-12(2)14-11-7-10-13-8-5-4-6-9-13;/h4-6,8-9,12,14H,3,11H2,1-2H3;1H/p-1. The van der Waals surface area contributed by atoms with Gasteiger partial charge in [0, 0.05) is 11.6 Å². The van der Waals surface area contributed by atoms with Crippen molar-refractivity contribution in [3.8, 4) is 11.8 Å².